The minimum Gasteiger partial charge on any atom is -0.507 e. The second kappa shape index (κ2) is 3.35. The fourth-order valence-corrected chi connectivity index (χ4v) is 0.837. The highest BCUT2D eigenvalue weighted by Crippen LogP contribution is 2.17. The summed E-state index contributed by atoms with van der Waals surface area (Å²) in [4.78, 5) is 10.8. The summed E-state index contributed by atoms with van der Waals surface area (Å²) in [5.74, 6) is -0.631. The predicted octanol–water partition coefficient (Wildman–Crippen LogP) is 1.34. The molecule has 0 aliphatic heterocycles. The molecular formula is C7H7O3P. The van der Waals surface area contributed by atoms with Crippen LogP contribution in [-0.2, 0) is 4.52 Å². The summed E-state index contributed by atoms with van der Waals surface area (Å²) < 4.78 is 4.33. The molecule has 0 saturated heterocycles. The van der Waals surface area contributed by atoms with Crippen LogP contribution < -0.4 is 0 Å². The Morgan fingerprint density at radius 2 is 2.09 bits per heavy atom. The SMILES string of the molecule is O=C(OP)c1ccccc1O. The molecule has 0 aliphatic rings. The van der Waals surface area contributed by atoms with Crippen molar-refractivity contribution in [2.75, 3.05) is 0 Å². The van der Waals surface area contributed by atoms with Gasteiger partial charge in [-0.25, -0.2) is 4.79 Å². The van der Waals surface area contributed by atoms with E-state index in [-0.39, 0.29) is 11.3 Å². The Balaban J connectivity index is 3.03. The fraction of sp³-hybridized carbons (Fsp3) is 0. The normalized spacial score (nSPS) is 9.18. The van der Waals surface area contributed by atoms with E-state index in [0.29, 0.717) is 0 Å². The van der Waals surface area contributed by atoms with Crippen LogP contribution in [0, 0.1) is 0 Å². The van der Waals surface area contributed by atoms with Crippen molar-refractivity contribution >= 4 is 15.4 Å². The Bertz CT molecular complexity index is 272. The lowest BCUT2D eigenvalue weighted by Crippen LogP contribution is -1.96. The maximum atomic E-state index is 10.8. The van der Waals surface area contributed by atoms with E-state index >= 15 is 0 Å². The quantitative estimate of drug-likeness (QED) is 0.647. The predicted molar refractivity (Wildman–Crippen MR) is 43.2 cm³/mol. The van der Waals surface area contributed by atoms with E-state index in [1.807, 2.05) is 9.47 Å². The fourth-order valence-electron chi connectivity index (χ4n) is 0.710. The number of rotatable bonds is 1. The van der Waals surface area contributed by atoms with Crippen LogP contribution in [0.2, 0.25) is 0 Å². The lowest BCUT2D eigenvalue weighted by molar-refractivity contribution is 0.0762. The molecule has 4 heteroatoms. The van der Waals surface area contributed by atoms with E-state index in [0.717, 1.165) is 0 Å². The third kappa shape index (κ3) is 1.69. The van der Waals surface area contributed by atoms with Gasteiger partial charge in [0, 0.05) is 0 Å². The smallest absolute Gasteiger partial charge is 0.344 e. The maximum Gasteiger partial charge on any atom is 0.344 e. The van der Waals surface area contributed by atoms with Crippen LogP contribution in [0.15, 0.2) is 24.3 Å². The number of phenols is 1. The molecule has 0 saturated carbocycles. The first-order valence-corrected chi connectivity index (χ1v) is 3.42. The molecule has 0 heterocycles. The van der Waals surface area contributed by atoms with E-state index < -0.39 is 5.97 Å². The van der Waals surface area contributed by atoms with Gasteiger partial charge in [-0.3, -0.25) is 0 Å². The molecule has 1 N–H and O–H groups in total. The zero-order valence-corrected chi connectivity index (χ0v) is 6.81. The van der Waals surface area contributed by atoms with Gasteiger partial charge in [0.25, 0.3) is 0 Å². The molecule has 0 bridgehead atoms. The highest BCUT2D eigenvalue weighted by atomic mass is 31.0. The average Bonchev–Trinajstić information content (AvgIpc) is 2.04. The highest BCUT2D eigenvalue weighted by Gasteiger charge is 2.08. The van der Waals surface area contributed by atoms with Crippen LogP contribution in [0.1, 0.15) is 10.4 Å². The molecule has 0 spiro atoms. The highest BCUT2D eigenvalue weighted by molar-refractivity contribution is 7.10. The van der Waals surface area contributed by atoms with Crippen LogP contribution in [-0.4, -0.2) is 11.1 Å². The summed E-state index contributed by atoms with van der Waals surface area (Å²) in [6, 6.07) is 6.20. The van der Waals surface area contributed by atoms with Crippen molar-refractivity contribution in [3.8, 4) is 5.75 Å². The van der Waals surface area contributed by atoms with Crippen molar-refractivity contribution in [3.05, 3.63) is 29.8 Å². The number of phenolic OH excluding ortho intramolecular Hbond substituents is 1. The first-order chi connectivity index (χ1) is 5.25. The van der Waals surface area contributed by atoms with E-state index in [1.54, 1.807) is 12.1 Å². The van der Waals surface area contributed by atoms with Crippen molar-refractivity contribution in [2.24, 2.45) is 0 Å². The van der Waals surface area contributed by atoms with Crippen molar-refractivity contribution in [1.82, 2.24) is 0 Å². The van der Waals surface area contributed by atoms with E-state index in [1.165, 1.54) is 12.1 Å². The van der Waals surface area contributed by atoms with Crippen molar-refractivity contribution in [2.45, 2.75) is 0 Å². The molecule has 0 fully saturated rings. The number of benzene rings is 1. The van der Waals surface area contributed by atoms with Crippen LogP contribution in [0.3, 0.4) is 0 Å². The molecular weight excluding hydrogens is 163 g/mol. The van der Waals surface area contributed by atoms with E-state index in [9.17, 15) is 4.79 Å². The molecule has 1 atom stereocenters. The molecule has 1 rings (SSSR count). The van der Waals surface area contributed by atoms with Crippen LogP contribution in [0.5, 0.6) is 5.75 Å². The van der Waals surface area contributed by atoms with Crippen molar-refractivity contribution in [1.29, 1.82) is 0 Å². The largest absolute Gasteiger partial charge is 0.507 e. The molecule has 0 aliphatic carbocycles. The zero-order chi connectivity index (χ0) is 8.27. The summed E-state index contributed by atoms with van der Waals surface area (Å²) in [5.41, 5.74) is 0.169. The van der Waals surface area contributed by atoms with Crippen LogP contribution in [0.25, 0.3) is 0 Å². The third-order valence-electron chi connectivity index (χ3n) is 1.23. The van der Waals surface area contributed by atoms with Gasteiger partial charge < -0.3 is 9.63 Å². The molecule has 58 valence electrons. The Kier molecular flexibility index (Phi) is 2.44. The molecule has 3 nitrogen and oxygen atoms in total. The van der Waals surface area contributed by atoms with Gasteiger partial charge in [0.15, 0.2) is 0 Å². The van der Waals surface area contributed by atoms with Gasteiger partial charge in [-0.15, -0.1) is 0 Å². The number of carbonyl (C=O) groups excluding carboxylic acids is 1. The molecule has 1 aromatic rings. The number of para-hydroxylation sites is 1. The Labute approximate surface area is 66.3 Å². The topological polar surface area (TPSA) is 46.5 Å². The Hall–Kier alpha value is -1.08. The molecule has 0 radical (unpaired) electrons. The van der Waals surface area contributed by atoms with E-state index in [2.05, 4.69) is 4.52 Å². The molecule has 1 unspecified atom stereocenters. The van der Waals surface area contributed by atoms with Gasteiger partial charge in [-0.2, -0.15) is 0 Å². The van der Waals surface area contributed by atoms with Crippen LogP contribution >= 0.6 is 9.47 Å². The van der Waals surface area contributed by atoms with E-state index in [4.69, 9.17) is 5.11 Å². The number of carbonyl (C=O) groups is 1. The summed E-state index contributed by atoms with van der Waals surface area (Å²) in [5, 5.41) is 9.10. The summed E-state index contributed by atoms with van der Waals surface area (Å²) in [6.07, 6.45) is 0. The third-order valence-corrected chi connectivity index (χ3v) is 1.45. The van der Waals surface area contributed by atoms with Crippen LogP contribution in [0.4, 0.5) is 0 Å². The maximum absolute atomic E-state index is 10.8. The second-order valence-electron chi connectivity index (χ2n) is 1.92. The first-order valence-electron chi connectivity index (χ1n) is 2.94. The van der Waals surface area contributed by atoms with Gasteiger partial charge in [-0.1, -0.05) is 12.1 Å². The van der Waals surface area contributed by atoms with Gasteiger partial charge in [0.1, 0.15) is 11.3 Å². The lowest BCUT2D eigenvalue weighted by atomic mass is 10.2. The molecule has 11 heavy (non-hydrogen) atoms. The standard InChI is InChI=1S/C7H7O3P/c8-6-4-2-1-3-5(6)7(9)10-11/h1-4,8H,11H2. The Morgan fingerprint density at radius 1 is 1.45 bits per heavy atom. The second-order valence-corrected chi connectivity index (χ2v) is 2.16. The van der Waals surface area contributed by atoms with Gasteiger partial charge in [0.05, 0.1) is 9.47 Å². The van der Waals surface area contributed by atoms with Crippen molar-refractivity contribution in [3.63, 3.8) is 0 Å². The lowest BCUT2D eigenvalue weighted by Gasteiger charge is -1.99. The van der Waals surface area contributed by atoms with Gasteiger partial charge in [-0.05, 0) is 12.1 Å². The van der Waals surface area contributed by atoms with Crippen molar-refractivity contribution < 1.29 is 14.4 Å². The number of hydrogen-bond donors (Lipinski definition) is 1. The average molecular weight is 170 g/mol. The number of aromatic hydroxyl groups is 1. The minimum absolute atomic E-state index is 0.0695. The number of hydrogen-bond acceptors (Lipinski definition) is 3. The molecule has 0 aromatic heterocycles. The summed E-state index contributed by atoms with van der Waals surface area (Å²) in [7, 11) is 1.83. The monoisotopic (exact) mass is 170 g/mol. The summed E-state index contributed by atoms with van der Waals surface area (Å²) in [6.45, 7) is 0. The zero-order valence-electron chi connectivity index (χ0n) is 5.65. The van der Waals surface area contributed by atoms with Gasteiger partial charge in [0.2, 0.25) is 0 Å². The minimum atomic E-state index is -0.562. The first kappa shape index (κ1) is 8.02. The Morgan fingerprint density at radius 3 is 2.64 bits per heavy atom. The molecule has 1 aromatic carbocycles. The molecule has 0 amide bonds. The summed E-state index contributed by atoms with van der Waals surface area (Å²) >= 11 is 0. The van der Waals surface area contributed by atoms with Gasteiger partial charge >= 0.3 is 5.97 Å².